The minimum Gasteiger partial charge on any atom is -0.493 e. The van der Waals surface area contributed by atoms with Gasteiger partial charge in [0.05, 0.1) is 37.5 Å². The van der Waals surface area contributed by atoms with Gasteiger partial charge in [0.25, 0.3) is 5.91 Å². The highest BCUT2D eigenvalue weighted by molar-refractivity contribution is 7.16. The summed E-state index contributed by atoms with van der Waals surface area (Å²) in [6.07, 6.45) is 0.191. The molecule has 7 heteroatoms. The third-order valence-corrected chi connectivity index (χ3v) is 5.88. The van der Waals surface area contributed by atoms with Gasteiger partial charge >= 0.3 is 0 Å². The number of fused-ring (bicyclic) bond motifs is 1. The van der Waals surface area contributed by atoms with Crippen LogP contribution in [-0.4, -0.2) is 38.4 Å². The maximum absolute atomic E-state index is 12.7. The number of thiazole rings is 1. The maximum atomic E-state index is 12.7. The molecule has 0 aliphatic heterocycles. The molecule has 0 N–H and O–H groups in total. The summed E-state index contributed by atoms with van der Waals surface area (Å²) in [5.74, 6) is 1.03. The van der Waals surface area contributed by atoms with Crippen molar-refractivity contribution < 1.29 is 19.0 Å². The van der Waals surface area contributed by atoms with E-state index >= 15 is 0 Å². The first-order chi connectivity index (χ1) is 14.0. The van der Waals surface area contributed by atoms with E-state index in [1.54, 1.807) is 27.4 Å². The first kappa shape index (κ1) is 21.1. The monoisotopic (exact) mass is 414 g/mol. The Hall–Kier alpha value is -2.64. The van der Waals surface area contributed by atoms with Gasteiger partial charge in [-0.05, 0) is 54.8 Å². The second-order valence-corrected chi connectivity index (χ2v) is 7.81. The van der Waals surface area contributed by atoms with Crippen molar-refractivity contribution in [2.75, 3.05) is 27.9 Å². The Bertz CT molecular complexity index is 1100. The molecule has 0 aliphatic carbocycles. The van der Waals surface area contributed by atoms with Crippen molar-refractivity contribution in [2.24, 2.45) is 4.99 Å². The van der Waals surface area contributed by atoms with Gasteiger partial charge in [-0.25, -0.2) is 0 Å². The third kappa shape index (κ3) is 4.68. The number of amides is 1. The molecule has 2 aromatic carbocycles. The number of methoxy groups -OCH3 is 3. The maximum Gasteiger partial charge on any atom is 0.252 e. The minimum absolute atomic E-state index is 0.191. The van der Waals surface area contributed by atoms with Gasteiger partial charge in [-0.1, -0.05) is 17.4 Å². The smallest absolute Gasteiger partial charge is 0.252 e. The van der Waals surface area contributed by atoms with Crippen molar-refractivity contribution in [2.45, 2.75) is 26.8 Å². The van der Waals surface area contributed by atoms with Crippen molar-refractivity contribution in [3.63, 3.8) is 0 Å². The highest BCUT2D eigenvalue weighted by Gasteiger charge is 2.11. The van der Waals surface area contributed by atoms with Crippen LogP contribution in [0.3, 0.4) is 0 Å². The topological polar surface area (TPSA) is 62.1 Å². The molecule has 0 radical (unpaired) electrons. The van der Waals surface area contributed by atoms with Gasteiger partial charge in [-0.15, -0.1) is 0 Å². The number of benzene rings is 2. The second-order valence-electron chi connectivity index (χ2n) is 6.80. The van der Waals surface area contributed by atoms with Gasteiger partial charge in [0.1, 0.15) is 0 Å². The Morgan fingerprint density at radius 2 is 1.76 bits per heavy atom. The standard InChI is InChI=1S/C22H26N2O4S/c1-14-10-17-20(11-15(14)2)29-22(24(17)8-9-26-3)23-21(25)13-16-6-7-18(27-4)19(12-16)28-5/h6-7,10-12H,8-9,13H2,1-5H3. The number of ether oxygens (including phenoxy) is 3. The molecule has 1 aromatic heterocycles. The van der Waals surface area contributed by atoms with Crippen LogP contribution in [0.5, 0.6) is 11.5 Å². The van der Waals surface area contributed by atoms with Crippen molar-refractivity contribution in [3.8, 4) is 11.5 Å². The number of carbonyl (C=O) groups is 1. The highest BCUT2D eigenvalue weighted by Crippen LogP contribution is 2.28. The Labute approximate surface area is 174 Å². The number of carbonyl (C=O) groups excluding carboxylic acids is 1. The van der Waals surface area contributed by atoms with Gasteiger partial charge in [-0.2, -0.15) is 4.99 Å². The minimum atomic E-state index is -0.205. The largest absolute Gasteiger partial charge is 0.493 e. The van der Waals surface area contributed by atoms with Crippen LogP contribution in [0.2, 0.25) is 0 Å². The summed E-state index contributed by atoms with van der Waals surface area (Å²) in [6, 6.07) is 9.75. The van der Waals surface area contributed by atoms with Crippen molar-refractivity contribution in [1.82, 2.24) is 4.57 Å². The van der Waals surface area contributed by atoms with E-state index in [0.717, 1.165) is 15.8 Å². The molecule has 6 nitrogen and oxygen atoms in total. The predicted molar refractivity (Wildman–Crippen MR) is 115 cm³/mol. The van der Waals surface area contributed by atoms with E-state index in [4.69, 9.17) is 14.2 Å². The van der Waals surface area contributed by atoms with Crippen LogP contribution in [0.15, 0.2) is 35.3 Å². The fraction of sp³-hybridized carbons (Fsp3) is 0.364. The van der Waals surface area contributed by atoms with Crippen LogP contribution in [0.4, 0.5) is 0 Å². The third-order valence-electron chi connectivity index (χ3n) is 4.84. The average Bonchev–Trinajstić information content (AvgIpc) is 3.02. The SMILES string of the molecule is COCCn1c(=NC(=O)Cc2ccc(OC)c(OC)c2)sc2cc(C)c(C)cc21. The number of nitrogens with zero attached hydrogens (tertiary/aromatic N) is 2. The van der Waals surface area contributed by atoms with E-state index in [2.05, 4.69) is 35.5 Å². The summed E-state index contributed by atoms with van der Waals surface area (Å²) in [7, 11) is 4.83. The quantitative estimate of drug-likeness (QED) is 0.592. The molecule has 1 heterocycles. The van der Waals surface area contributed by atoms with Crippen LogP contribution in [-0.2, 0) is 22.5 Å². The zero-order chi connectivity index (χ0) is 21.0. The van der Waals surface area contributed by atoms with Gasteiger partial charge < -0.3 is 18.8 Å². The van der Waals surface area contributed by atoms with E-state index in [1.807, 2.05) is 12.1 Å². The molecule has 0 aliphatic rings. The lowest BCUT2D eigenvalue weighted by atomic mass is 10.1. The molecule has 1 amide bonds. The summed E-state index contributed by atoms with van der Waals surface area (Å²) < 4.78 is 19.0. The molecule has 3 rings (SSSR count). The fourth-order valence-corrected chi connectivity index (χ4v) is 4.27. The number of aromatic nitrogens is 1. The number of rotatable bonds is 7. The zero-order valence-corrected chi connectivity index (χ0v) is 18.3. The number of hydrogen-bond acceptors (Lipinski definition) is 5. The van der Waals surface area contributed by atoms with Crippen LogP contribution >= 0.6 is 11.3 Å². The molecule has 0 unspecified atom stereocenters. The predicted octanol–water partition coefficient (Wildman–Crippen LogP) is 3.65. The van der Waals surface area contributed by atoms with E-state index < -0.39 is 0 Å². The lowest BCUT2D eigenvalue weighted by Gasteiger charge is -2.08. The van der Waals surface area contributed by atoms with Gasteiger partial charge in [-0.3, -0.25) is 4.79 Å². The summed E-state index contributed by atoms with van der Waals surface area (Å²) in [4.78, 5) is 17.8. The molecule has 0 saturated heterocycles. The lowest BCUT2D eigenvalue weighted by Crippen LogP contribution is -2.19. The molecular formula is C22H26N2O4S. The van der Waals surface area contributed by atoms with Crippen LogP contribution in [0.25, 0.3) is 10.2 Å². The van der Waals surface area contributed by atoms with E-state index in [1.165, 1.54) is 22.5 Å². The Morgan fingerprint density at radius 1 is 1.03 bits per heavy atom. The van der Waals surface area contributed by atoms with Gasteiger partial charge in [0.2, 0.25) is 0 Å². The average molecular weight is 415 g/mol. The van der Waals surface area contributed by atoms with E-state index in [9.17, 15) is 4.79 Å². The normalized spacial score (nSPS) is 11.8. The highest BCUT2D eigenvalue weighted by atomic mass is 32.1. The zero-order valence-electron chi connectivity index (χ0n) is 17.4. The molecule has 0 atom stereocenters. The lowest BCUT2D eigenvalue weighted by molar-refractivity contribution is -0.117. The first-order valence-electron chi connectivity index (χ1n) is 9.34. The van der Waals surface area contributed by atoms with E-state index in [-0.39, 0.29) is 12.3 Å². The fourth-order valence-electron chi connectivity index (χ4n) is 3.12. The Kier molecular flexibility index (Phi) is 6.71. The summed E-state index contributed by atoms with van der Waals surface area (Å²) >= 11 is 1.53. The molecule has 0 bridgehead atoms. The summed E-state index contributed by atoms with van der Waals surface area (Å²) in [5.41, 5.74) is 4.34. The van der Waals surface area contributed by atoms with Crippen molar-refractivity contribution in [1.29, 1.82) is 0 Å². The van der Waals surface area contributed by atoms with Gasteiger partial charge in [0, 0.05) is 13.7 Å². The van der Waals surface area contributed by atoms with Gasteiger partial charge in [0.15, 0.2) is 16.3 Å². The Balaban J connectivity index is 1.97. The second kappa shape index (κ2) is 9.24. The first-order valence-corrected chi connectivity index (χ1v) is 10.2. The molecule has 0 spiro atoms. The van der Waals surface area contributed by atoms with Crippen molar-refractivity contribution in [3.05, 3.63) is 51.8 Å². The molecule has 0 fully saturated rings. The molecular weight excluding hydrogens is 388 g/mol. The molecule has 29 heavy (non-hydrogen) atoms. The van der Waals surface area contributed by atoms with E-state index in [0.29, 0.717) is 29.5 Å². The van der Waals surface area contributed by atoms with Crippen molar-refractivity contribution >= 4 is 27.5 Å². The molecule has 0 saturated carbocycles. The molecule has 3 aromatic rings. The summed E-state index contributed by atoms with van der Waals surface area (Å²) in [6.45, 7) is 5.37. The summed E-state index contributed by atoms with van der Waals surface area (Å²) in [5, 5.41) is 0. The number of aryl methyl sites for hydroxylation is 2. The Morgan fingerprint density at radius 3 is 2.45 bits per heavy atom. The van der Waals surface area contributed by atoms with Crippen LogP contribution < -0.4 is 14.3 Å². The van der Waals surface area contributed by atoms with Crippen LogP contribution in [0, 0.1) is 13.8 Å². The van der Waals surface area contributed by atoms with Crippen LogP contribution in [0.1, 0.15) is 16.7 Å². The number of hydrogen-bond donors (Lipinski definition) is 0. The molecule has 154 valence electrons.